The number of rotatable bonds is 7. The number of carbonyl (C=O) groups excluding carboxylic acids is 1. The summed E-state index contributed by atoms with van der Waals surface area (Å²) >= 11 is 0. The minimum atomic E-state index is -0.574. The van der Waals surface area contributed by atoms with Gasteiger partial charge in [0.25, 0.3) is 0 Å². The van der Waals surface area contributed by atoms with E-state index in [1.54, 1.807) is 12.1 Å². The molecule has 4 aromatic carbocycles. The molecule has 0 amide bonds. The number of methoxy groups -OCH3 is 1. The van der Waals surface area contributed by atoms with Crippen molar-refractivity contribution in [2.45, 2.75) is 31.2 Å². The van der Waals surface area contributed by atoms with Gasteiger partial charge in [0.15, 0.2) is 0 Å². The highest BCUT2D eigenvalue weighted by atomic mass is 16.5. The molecule has 6 rings (SSSR count). The van der Waals surface area contributed by atoms with Crippen molar-refractivity contribution in [1.82, 2.24) is 9.55 Å². The largest absolute Gasteiger partial charge is 0.465 e. The highest BCUT2D eigenvalue weighted by molar-refractivity contribution is 5.92. The average molecular weight is 557 g/mol. The van der Waals surface area contributed by atoms with Crippen LogP contribution in [0.5, 0.6) is 0 Å². The molecule has 2 N–H and O–H groups in total. The van der Waals surface area contributed by atoms with Gasteiger partial charge in [-0.3, -0.25) is 0 Å². The normalized spacial score (nSPS) is 14.1. The predicted octanol–water partition coefficient (Wildman–Crippen LogP) is 6.78. The summed E-state index contributed by atoms with van der Waals surface area (Å²) in [5, 5.41) is 0. The van der Waals surface area contributed by atoms with Crippen LogP contribution in [0.1, 0.15) is 57.2 Å². The van der Waals surface area contributed by atoms with E-state index in [2.05, 4.69) is 107 Å². The Bertz CT molecular complexity index is 1560. The molecule has 6 nitrogen and oxygen atoms in total. The lowest BCUT2D eigenvalue weighted by molar-refractivity contribution is 0.0601. The first kappa shape index (κ1) is 27.3. The smallest absolute Gasteiger partial charge is 0.337 e. The van der Waals surface area contributed by atoms with Crippen molar-refractivity contribution >= 4 is 17.3 Å². The molecular formula is C36H36N4O2. The summed E-state index contributed by atoms with van der Waals surface area (Å²) in [4.78, 5) is 19.3. The maximum atomic E-state index is 11.9. The molecule has 6 heteroatoms. The average Bonchev–Trinajstić information content (AvgIpc) is 3.44. The van der Waals surface area contributed by atoms with Crippen LogP contribution in [-0.2, 0) is 10.3 Å². The minimum Gasteiger partial charge on any atom is -0.465 e. The van der Waals surface area contributed by atoms with Gasteiger partial charge in [0.2, 0.25) is 0 Å². The zero-order valence-electron chi connectivity index (χ0n) is 24.1. The van der Waals surface area contributed by atoms with Gasteiger partial charge in [-0.2, -0.15) is 0 Å². The zero-order valence-corrected chi connectivity index (χ0v) is 24.1. The summed E-state index contributed by atoms with van der Waals surface area (Å²) in [5.41, 5.74) is 13.7. The Morgan fingerprint density at radius 3 is 1.83 bits per heavy atom. The van der Waals surface area contributed by atoms with E-state index in [-0.39, 0.29) is 5.97 Å². The number of ether oxygens (including phenoxy) is 1. The number of aromatic nitrogens is 2. The molecule has 1 saturated heterocycles. The van der Waals surface area contributed by atoms with E-state index in [1.807, 2.05) is 12.4 Å². The number of nitrogen functional groups attached to an aromatic ring is 1. The maximum absolute atomic E-state index is 11.9. The molecule has 1 aromatic heterocycles. The third-order valence-electron chi connectivity index (χ3n) is 8.65. The fourth-order valence-corrected chi connectivity index (χ4v) is 6.60. The van der Waals surface area contributed by atoms with E-state index >= 15 is 0 Å². The van der Waals surface area contributed by atoms with Crippen molar-refractivity contribution in [3.05, 3.63) is 149 Å². The van der Waals surface area contributed by atoms with Crippen molar-refractivity contribution in [3.8, 4) is 0 Å². The lowest BCUT2D eigenvalue weighted by Gasteiger charge is -2.39. The van der Waals surface area contributed by atoms with Gasteiger partial charge in [0, 0.05) is 24.7 Å². The molecule has 2 heterocycles. The Morgan fingerprint density at radius 2 is 1.36 bits per heavy atom. The number of piperidine rings is 1. The SMILES string of the molecule is COC(=O)c1ccc(N2CCC(c3ncn(C(c4ccccc4)(c4ccccc4)c4ccccc4)c3C)CC2)c(N)c1. The molecule has 42 heavy (non-hydrogen) atoms. The van der Waals surface area contributed by atoms with Crippen LogP contribution in [-0.4, -0.2) is 35.7 Å². The minimum absolute atomic E-state index is 0.332. The van der Waals surface area contributed by atoms with Gasteiger partial charge < -0.3 is 19.9 Å². The lowest BCUT2D eigenvalue weighted by Crippen LogP contribution is -2.38. The third kappa shape index (κ3) is 4.73. The molecule has 1 aliphatic rings. The summed E-state index contributed by atoms with van der Waals surface area (Å²) in [6.45, 7) is 3.93. The van der Waals surface area contributed by atoms with Gasteiger partial charge in [-0.15, -0.1) is 0 Å². The van der Waals surface area contributed by atoms with Gasteiger partial charge in [-0.05, 0) is 54.7 Å². The van der Waals surface area contributed by atoms with Gasteiger partial charge in [-0.1, -0.05) is 91.0 Å². The number of anilines is 2. The van der Waals surface area contributed by atoms with Crippen molar-refractivity contribution in [3.63, 3.8) is 0 Å². The Balaban J connectivity index is 1.36. The Kier molecular flexibility index (Phi) is 7.53. The monoisotopic (exact) mass is 556 g/mol. The molecule has 0 saturated carbocycles. The van der Waals surface area contributed by atoms with Crippen LogP contribution >= 0.6 is 0 Å². The molecule has 212 valence electrons. The lowest BCUT2D eigenvalue weighted by atomic mass is 9.76. The standard InChI is InChI=1S/C36H36N4O2/c1-26-34(27-20-22-39(23-21-27)33-19-18-28(24-32(33)37)35(41)42-2)38-25-40(26)36(29-12-6-3-7-13-29,30-14-8-4-9-15-30)31-16-10-5-11-17-31/h3-19,24-25,27H,20-23,37H2,1-2H3. The van der Waals surface area contributed by atoms with Crippen LogP contribution < -0.4 is 10.6 Å². The number of nitrogens with two attached hydrogens (primary N) is 1. The highest BCUT2D eigenvalue weighted by Gasteiger charge is 2.40. The topological polar surface area (TPSA) is 73.4 Å². The summed E-state index contributed by atoms with van der Waals surface area (Å²) in [6.07, 6.45) is 3.96. The first-order chi connectivity index (χ1) is 20.5. The van der Waals surface area contributed by atoms with Crippen molar-refractivity contribution in [2.24, 2.45) is 0 Å². The van der Waals surface area contributed by atoms with Crippen LogP contribution in [0.15, 0.2) is 116 Å². The van der Waals surface area contributed by atoms with Gasteiger partial charge in [-0.25, -0.2) is 9.78 Å². The second-order valence-corrected chi connectivity index (χ2v) is 10.9. The van der Waals surface area contributed by atoms with E-state index in [1.165, 1.54) is 29.5 Å². The van der Waals surface area contributed by atoms with E-state index in [9.17, 15) is 4.79 Å². The summed E-state index contributed by atoms with van der Waals surface area (Å²) in [6, 6.07) is 37.6. The van der Waals surface area contributed by atoms with Crippen LogP contribution in [0, 0.1) is 6.92 Å². The molecule has 5 aromatic rings. The second-order valence-electron chi connectivity index (χ2n) is 10.9. The summed E-state index contributed by atoms with van der Waals surface area (Å²) in [5.74, 6) is -0.0475. The number of esters is 1. The quantitative estimate of drug-likeness (QED) is 0.136. The molecule has 0 aliphatic carbocycles. The summed E-state index contributed by atoms with van der Waals surface area (Å²) in [7, 11) is 1.38. The molecular weight excluding hydrogens is 520 g/mol. The predicted molar refractivity (Wildman–Crippen MR) is 168 cm³/mol. The van der Waals surface area contributed by atoms with E-state index < -0.39 is 5.54 Å². The first-order valence-electron chi connectivity index (χ1n) is 14.5. The molecule has 0 bridgehead atoms. The fourth-order valence-electron chi connectivity index (χ4n) is 6.60. The fraction of sp³-hybridized carbons (Fsp3) is 0.222. The Hall–Kier alpha value is -4.84. The molecule has 0 spiro atoms. The molecule has 1 fully saturated rings. The zero-order chi connectivity index (χ0) is 29.1. The van der Waals surface area contributed by atoms with E-state index in [0.29, 0.717) is 17.2 Å². The maximum Gasteiger partial charge on any atom is 0.337 e. The Labute approximate surface area is 247 Å². The second kappa shape index (κ2) is 11.6. The van der Waals surface area contributed by atoms with Crippen LogP contribution in [0.25, 0.3) is 0 Å². The number of imidazole rings is 1. The summed E-state index contributed by atoms with van der Waals surface area (Å²) < 4.78 is 7.22. The number of nitrogens with zero attached hydrogens (tertiary/aromatic N) is 3. The number of hydrogen-bond donors (Lipinski definition) is 1. The Morgan fingerprint density at radius 1 is 0.833 bits per heavy atom. The van der Waals surface area contributed by atoms with Crippen LogP contribution in [0.4, 0.5) is 11.4 Å². The van der Waals surface area contributed by atoms with Gasteiger partial charge in [0.1, 0.15) is 5.54 Å². The van der Waals surface area contributed by atoms with Crippen LogP contribution in [0.3, 0.4) is 0 Å². The van der Waals surface area contributed by atoms with Gasteiger partial charge in [0.05, 0.1) is 36.1 Å². The van der Waals surface area contributed by atoms with Crippen LogP contribution in [0.2, 0.25) is 0 Å². The molecule has 0 radical (unpaired) electrons. The van der Waals surface area contributed by atoms with E-state index in [0.717, 1.165) is 37.3 Å². The number of carbonyl (C=O) groups is 1. The molecule has 0 atom stereocenters. The number of benzene rings is 4. The van der Waals surface area contributed by atoms with Crippen molar-refractivity contribution in [1.29, 1.82) is 0 Å². The van der Waals surface area contributed by atoms with Crippen molar-refractivity contribution < 1.29 is 9.53 Å². The van der Waals surface area contributed by atoms with E-state index in [4.69, 9.17) is 15.5 Å². The highest BCUT2D eigenvalue weighted by Crippen LogP contribution is 2.43. The number of hydrogen-bond acceptors (Lipinski definition) is 5. The van der Waals surface area contributed by atoms with Gasteiger partial charge >= 0.3 is 5.97 Å². The van der Waals surface area contributed by atoms with Crippen molar-refractivity contribution in [2.75, 3.05) is 30.8 Å². The molecule has 1 aliphatic heterocycles. The molecule has 0 unspecified atom stereocenters. The third-order valence-corrected chi connectivity index (χ3v) is 8.65. The first-order valence-corrected chi connectivity index (χ1v) is 14.5.